The minimum Gasteiger partial charge on any atom is -0.353 e. The second-order valence-corrected chi connectivity index (χ2v) is 8.21. The molecule has 0 atom stereocenters. The molecule has 0 aliphatic carbocycles. The zero-order valence-corrected chi connectivity index (χ0v) is 16.6. The van der Waals surface area contributed by atoms with Crippen LogP contribution in [0.4, 0.5) is 5.82 Å². The van der Waals surface area contributed by atoms with Crippen LogP contribution in [0.2, 0.25) is 0 Å². The maximum Gasteiger partial charge on any atom is 0.255 e. The Balaban J connectivity index is 1.17. The van der Waals surface area contributed by atoms with E-state index in [0.29, 0.717) is 0 Å². The summed E-state index contributed by atoms with van der Waals surface area (Å²) in [5.74, 6) is 1.25. The lowest BCUT2D eigenvalue weighted by Gasteiger charge is -2.36. The van der Waals surface area contributed by atoms with Crippen molar-refractivity contribution in [1.82, 2.24) is 19.2 Å². The van der Waals surface area contributed by atoms with Crippen molar-refractivity contribution >= 4 is 33.3 Å². The second kappa shape index (κ2) is 7.48. The first-order valence-corrected chi connectivity index (χ1v) is 10.6. The molecule has 7 heteroatoms. The van der Waals surface area contributed by atoms with Gasteiger partial charge in [0, 0.05) is 63.6 Å². The van der Waals surface area contributed by atoms with Crippen molar-refractivity contribution < 1.29 is 4.79 Å². The van der Waals surface area contributed by atoms with Crippen LogP contribution in [0.3, 0.4) is 0 Å². The lowest BCUT2D eigenvalue weighted by Crippen LogP contribution is -2.49. The van der Waals surface area contributed by atoms with Crippen molar-refractivity contribution in [3.05, 3.63) is 53.9 Å². The second-order valence-electron chi connectivity index (χ2n) is 7.41. The number of amides is 1. The predicted octanol–water partition coefficient (Wildman–Crippen LogP) is 2.51. The molecule has 0 radical (unpaired) electrons. The van der Waals surface area contributed by atoms with E-state index in [9.17, 15) is 4.79 Å². The Morgan fingerprint density at radius 2 is 1.86 bits per heavy atom. The molecule has 3 aromatic rings. The Hall–Kier alpha value is -2.51. The lowest BCUT2D eigenvalue weighted by molar-refractivity contribution is 0.0716. The third kappa shape index (κ3) is 3.25. The first-order valence-electron chi connectivity index (χ1n) is 9.83. The zero-order chi connectivity index (χ0) is 18.9. The molecule has 1 saturated heterocycles. The SMILES string of the molecule is O=C1c2cnccc2CCN1CCN1CCN(c2nsc3ccccc23)CC1. The molecule has 1 amide bonds. The molecule has 2 aromatic heterocycles. The van der Waals surface area contributed by atoms with Gasteiger partial charge in [0.25, 0.3) is 5.91 Å². The molecule has 2 aliphatic rings. The molecular weight excluding hydrogens is 370 g/mol. The minimum absolute atomic E-state index is 0.127. The number of fused-ring (bicyclic) bond motifs is 2. The third-order valence-electron chi connectivity index (χ3n) is 5.80. The Morgan fingerprint density at radius 1 is 1.00 bits per heavy atom. The quantitative estimate of drug-likeness (QED) is 0.682. The van der Waals surface area contributed by atoms with E-state index in [-0.39, 0.29) is 5.91 Å². The highest BCUT2D eigenvalue weighted by atomic mass is 32.1. The summed E-state index contributed by atoms with van der Waals surface area (Å²) in [7, 11) is 0. The monoisotopic (exact) mass is 393 g/mol. The molecule has 2 aliphatic heterocycles. The number of piperazine rings is 1. The highest BCUT2D eigenvalue weighted by molar-refractivity contribution is 7.13. The molecule has 0 bridgehead atoms. The van der Waals surface area contributed by atoms with E-state index in [2.05, 4.69) is 43.4 Å². The average Bonchev–Trinajstić information content (AvgIpc) is 3.18. The summed E-state index contributed by atoms with van der Waals surface area (Å²) < 4.78 is 5.93. The molecule has 28 heavy (non-hydrogen) atoms. The molecule has 5 rings (SSSR count). The number of hydrogen-bond donors (Lipinski definition) is 0. The van der Waals surface area contributed by atoms with Gasteiger partial charge in [-0.25, -0.2) is 0 Å². The summed E-state index contributed by atoms with van der Waals surface area (Å²) in [6, 6.07) is 10.4. The number of nitrogens with zero attached hydrogens (tertiary/aromatic N) is 5. The maximum atomic E-state index is 12.7. The number of anilines is 1. The fraction of sp³-hybridized carbons (Fsp3) is 0.381. The van der Waals surface area contributed by atoms with Crippen molar-refractivity contribution in [3.8, 4) is 0 Å². The van der Waals surface area contributed by atoms with Crippen LogP contribution in [-0.2, 0) is 6.42 Å². The summed E-state index contributed by atoms with van der Waals surface area (Å²) in [4.78, 5) is 23.6. The van der Waals surface area contributed by atoms with Gasteiger partial charge in [-0.15, -0.1) is 0 Å². The molecular formula is C21H23N5OS. The van der Waals surface area contributed by atoms with Gasteiger partial charge in [-0.3, -0.25) is 14.7 Å². The van der Waals surface area contributed by atoms with E-state index >= 15 is 0 Å². The van der Waals surface area contributed by atoms with Crippen LogP contribution >= 0.6 is 11.5 Å². The standard InChI is InChI=1S/C21H23N5OS/c27-21-18-15-22-7-5-16(18)6-8-26(21)14-11-24-9-12-25(13-10-24)20-17-3-1-2-4-19(17)28-23-20/h1-5,7,15H,6,8-14H2. The fourth-order valence-corrected chi connectivity index (χ4v) is 4.92. The Bertz CT molecular complexity index is 995. The van der Waals surface area contributed by atoms with E-state index in [0.717, 1.165) is 69.2 Å². The maximum absolute atomic E-state index is 12.7. The van der Waals surface area contributed by atoms with E-state index < -0.39 is 0 Å². The van der Waals surface area contributed by atoms with E-state index in [1.54, 1.807) is 23.9 Å². The Labute approximate surface area is 168 Å². The van der Waals surface area contributed by atoms with E-state index in [1.165, 1.54) is 10.1 Å². The van der Waals surface area contributed by atoms with Gasteiger partial charge in [-0.2, -0.15) is 4.37 Å². The number of hydrogen-bond acceptors (Lipinski definition) is 6. The van der Waals surface area contributed by atoms with Crippen LogP contribution in [-0.4, -0.2) is 70.9 Å². The van der Waals surface area contributed by atoms with Gasteiger partial charge in [-0.05, 0) is 41.7 Å². The molecule has 1 fully saturated rings. The van der Waals surface area contributed by atoms with Crippen LogP contribution in [0.15, 0.2) is 42.7 Å². The van der Waals surface area contributed by atoms with Crippen molar-refractivity contribution in [3.63, 3.8) is 0 Å². The third-order valence-corrected chi connectivity index (χ3v) is 6.61. The highest BCUT2D eigenvalue weighted by Crippen LogP contribution is 2.29. The molecule has 0 unspecified atom stereocenters. The van der Waals surface area contributed by atoms with Gasteiger partial charge in [0.2, 0.25) is 0 Å². The summed E-state index contributed by atoms with van der Waals surface area (Å²) in [5, 5.41) is 1.26. The number of pyridine rings is 1. The molecule has 0 spiro atoms. The smallest absolute Gasteiger partial charge is 0.255 e. The van der Waals surface area contributed by atoms with Gasteiger partial charge in [-0.1, -0.05) is 12.1 Å². The fourth-order valence-electron chi connectivity index (χ4n) is 4.12. The van der Waals surface area contributed by atoms with Crippen molar-refractivity contribution in [2.45, 2.75) is 6.42 Å². The summed E-state index contributed by atoms with van der Waals surface area (Å²) >= 11 is 1.58. The van der Waals surface area contributed by atoms with Crippen LogP contribution in [0.25, 0.3) is 10.1 Å². The molecule has 4 heterocycles. The molecule has 144 valence electrons. The Kier molecular flexibility index (Phi) is 4.70. The van der Waals surface area contributed by atoms with Crippen LogP contribution in [0, 0.1) is 0 Å². The van der Waals surface area contributed by atoms with Crippen molar-refractivity contribution in [2.75, 3.05) is 50.7 Å². The number of carbonyl (C=O) groups is 1. The molecule has 6 nitrogen and oxygen atoms in total. The zero-order valence-electron chi connectivity index (χ0n) is 15.8. The lowest BCUT2D eigenvalue weighted by atomic mass is 10.0. The Morgan fingerprint density at radius 3 is 2.75 bits per heavy atom. The molecule has 1 aromatic carbocycles. The first-order chi connectivity index (χ1) is 13.8. The summed E-state index contributed by atoms with van der Waals surface area (Å²) in [5.41, 5.74) is 1.90. The highest BCUT2D eigenvalue weighted by Gasteiger charge is 2.26. The van der Waals surface area contributed by atoms with Gasteiger partial charge in [0.1, 0.15) is 5.82 Å². The van der Waals surface area contributed by atoms with Crippen LogP contribution < -0.4 is 4.90 Å². The van der Waals surface area contributed by atoms with Crippen LogP contribution in [0.5, 0.6) is 0 Å². The molecule has 0 saturated carbocycles. The summed E-state index contributed by atoms with van der Waals surface area (Å²) in [6.45, 7) is 6.49. The largest absolute Gasteiger partial charge is 0.353 e. The average molecular weight is 394 g/mol. The van der Waals surface area contributed by atoms with Gasteiger partial charge < -0.3 is 9.80 Å². The van der Waals surface area contributed by atoms with Crippen molar-refractivity contribution in [1.29, 1.82) is 0 Å². The first kappa shape index (κ1) is 17.6. The molecule has 0 N–H and O–H groups in total. The van der Waals surface area contributed by atoms with E-state index in [1.807, 2.05) is 11.0 Å². The normalized spacial score (nSPS) is 17.9. The van der Waals surface area contributed by atoms with Crippen molar-refractivity contribution in [2.24, 2.45) is 0 Å². The van der Waals surface area contributed by atoms with E-state index in [4.69, 9.17) is 0 Å². The predicted molar refractivity (Wildman–Crippen MR) is 112 cm³/mol. The summed E-state index contributed by atoms with van der Waals surface area (Å²) in [6.07, 6.45) is 4.40. The van der Waals surface area contributed by atoms with Gasteiger partial charge in [0.15, 0.2) is 0 Å². The number of aromatic nitrogens is 2. The number of benzene rings is 1. The number of carbonyl (C=O) groups excluding carboxylic acids is 1. The minimum atomic E-state index is 0.127. The number of rotatable bonds is 4. The van der Waals surface area contributed by atoms with Crippen LogP contribution in [0.1, 0.15) is 15.9 Å². The van der Waals surface area contributed by atoms with Gasteiger partial charge in [0.05, 0.1) is 10.3 Å². The topological polar surface area (TPSA) is 52.6 Å². The van der Waals surface area contributed by atoms with Gasteiger partial charge >= 0.3 is 0 Å².